The van der Waals surface area contributed by atoms with Crippen molar-refractivity contribution in [1.29, 1.82) is 0 Å². The molecule has 2 aliphatic rings. The van der Waals surface area contributed by atoms with E-state index in [1.165, 1.54) is 0 Å². The van der Waals surface area contributed by atoms with Crippen LogP contribution in [-0.2, 0) is 17.8 Å². The predicted octanol–water partition coefficient (Wildman–Crippen LogP) is 5.03. The van der Waals surface area contributed by atoms with Crippen molar-refractivity contribution >= 4 is 22.9 Å². The Morgan fingerprint density at radius 3 is 2.66 bits per heavy atom. The van der Waals surface area contributed by atoms with Gasteiger partial charge in [-0.3, -0.25) is 14.5 Å². The number of benzene rings is 2. The second kappa shape index (κ2) is 11.2. The average Bonchev–Trinajstić information content (AvgIpc) is 3.49. The molecule has 0 bridgehead atoms. The summed E-state index contributed by atoms with van der Waals surface area (Å²) in [6, 6.07) is 18.3. The number of pyridine rings is 2. The van der Waals surface area contributed by atoms with Gasteiger partial charge in [0.05, 0.1) is 17.3 Å². The fraction of sp³-hybridized carbons (Fsp3) is 0.265. The SMILES string of the molecule is C=CCn1cc(-c2ccc3nc(-c4ccc(OCCN5CCN(C)C(=O)[C@H]5C)cc4)ccc3c2)c2c(c1=O)CC=C2. The van der Waals surface area contributed by atoms with E-state index < -0.39 is 0 Å². The zero-order valence-corrected chi connectivity index (χ0v) is 23.5. The van der Waals surface area contributed by atoms with E-state index in [2.05, 4.69) is 41.8 Å². The summed E-state index contributed by atoms with van der Waals surface area (Å²) in [6.45, 7) is 9.10. The third-order valence-corrected chi connectivity index (χ3v) is 8.15. The van der Waals surface area contributed by atoms with Crippen molar-refractivity contribution in [3.8, 4) is 28.1 Å². The molecule has 0 saturated carbocycles. The van der Waals surface area contributed by atoms with Gasteiger partial charge in [0.25, 0.3) is 5.56 Å². The Morgan fingerprint density at radius 1 is 1.05 bits per heavy atom. The number of hydrogen-bond donors (Lipinski definition) is 0. The van der Waals surface area contributed by atoms with Crippen molar-refractivity contribution in [1.82, 2.24) is 19.4 Å². The van der Waals surface area contributed by atoms with Gasteiger partial charge in [0.15, 0.2) is 0 Å². The van der Waals surface area contributed by atoms with E-state index in [4.69, 9.17) is 9.72 Å². The van der Waals surface area contributed by atoms with Gasteiger partial charge in [0.2, 0.25) is 5.91 Å². The molecule has 6 rings (SSSR count). The normalized spacial score (nSPS) is 16.8. The Bertz CT molecular complexity index is 1720. The summed E-state index contributed by atoms with van der Waals surface area (Å²) in [5, 5.41) is 1.04. The zero-order chi connectivity index (χ0) is 28.5. The highest BCUT2D eigenvalue weighted by Gasteiger charge is 2.28. The van der Waals surface area contributed by atoms with Gasteiger partial charge in [-0.2, -0.15) is 0 Å². The van der Waals surface area contributed by atoms with Crippen molar-refractivity contribution in [2.45, 2.75) is 25.9 Å². The molecule has 0 N–H and O–H groups in total. The maximum atomic E-state index is 12.8. The van der Waals surface area contributed by atoms with Gasteiger partial charge in [-0.1, -0.05) is 30.4 Å². The third kappa shape index (κ3) is 5.21. The third-order valence-electron chi connectivity index (χ3n) is 8.15. The Kier molecular flexibility index (Phi) is 7.28. The molecule has 4 aromatic rings. The Hall–Kier alpha value is -4.49. The van der Waals surface area contributed by atoms with E-state index >= 15 is 0 Å². The maximum absolute atomic E-state index is 12.8. The van der Waals surface area contributed by atoms with Crippen molar-refractivity contribution in [2.24, 2.45) is 0 Å². The van der Waals surface area contributed by atoms with Gasteiger partial charge in [-0.15, -0.1) is 6.58 Å². The van der Waals surface area contributed by atoms with E-state index in [-0.39, 0.29) is 17.5 Å². The van der Waals surface area contributed by atoms with Crippen LogP contribution in [0.1, 0.15) is 18.1 Å². The van der Waals surface area contributed by atoms with Gasteiger partial charge < -0.3 is 14.2 Å². The lowest BCUT2D eigenvalue weighted by atomic mass is 9.98. The van der Waals surface area contributed by atoms with Gasteiger partial charge in [0, 0.05) is 61.5 Å². The Labute approximate surface area is 240 Å². The number of nitrogens with zero attached hydrogens (tertiary/aromatic N) is 4. The van der Waals surface area contributed by atoms with Crippen LogP contribution >= 0.6 is 0 Å². The van der Waals surface area contributed by atoms with Crippen molar-refractivity contribution in [3.63, 3.8) is 0 Å². The highest BCUT2D eigenvalue weighted by Crippen LogP contribution is 2.32. The second-order valence-corrected chi connectivity index (χ2v) is 10.7. The van der Waals surface area contributed by atoms with Gasteiger partial charge >= 0.3 is 0 Å². The Balaban J connectivity index is 1.17. The summed E-state index contributed by atoms with van der Waals surface area (Å²) in [5.74, 6) is 0.960. The number of carbonyl (C=O) groups excluding carboxylic acids is 1. The summed E-state index contributed by atoms with van der Waals surface area (Å²) in [6.07, 6.45) is 8.46. The first-order valence-corrected chi connectivity index (χ1v) is 14.1. The molecule has 1 atom stereocenters. The molecule has 1 saturated heterocycles. The molecule has 208 valence electrons. The standard InChI is InChI=1S/C34H34N4O3/c1-4-16-38-22-30(28-6-5-7-29(28)34(38)40)25-10-14-32-26(21-25)11-15-31(35-32)24-8-12-27(13-9-24)41-20-19-37-18-17-36(3)33(39)23(37)2/h4-6,8-15,21-23H,1,7,16-20H2,2-3H3/t23-/m1/s1. The minimum atomic E-state index is -0.112. The van der Waals surface area contributed by atoms with Crippen LogP contribution in [0.3, 0.4) is 0 Å². The first-order chi connectivity index (χ1) is 19.9. The number of allylic oxidation sites excluding steroid dienone is 2. The molecule has 3 heterocycles. The smallest absolute Gasteiger partial charge is 0.254 e. The van der Waals surface area contributed by atoms with Crippen LogP contribution in [0.2, 0.25) is 0 Å². The number of ether oxygens (including phenoxy) is 1. The lowest BCUT2D eigenvalue weighted by Gasteiger charge is -2.37. The number of piperazine rings is 1. The summed E-state index contributed by atoms with van der Waals surface area (Å²) in [5.41, 5.74) is 6.83. The fourth-order valence-corrected chi connectivity index (χ4v) is 5.74. The number of aromatic nitrogens is 2. The fourth-order valence-electron chi connectivity index (χ4n) is 5.74. The first kappa shape index (κ1) is 26.7. The molecule has 1 amide bonds. The van der Waals surface area contributed by atoms with Crippen LogP contribution in [0.4, 0.5) is 0 Å². The molecule has 41 heavy (non-hydrogen) atoms. The molecule has 0 radical (unpaired) electrons. The van der Waals surface area contributed by atoms with Crippen molar-refractivity contribution in [2.75, 3.05) is 33.3 Å². The first-order valence-electron chi connectivity index (χ1n) is 14.1. The molecular weight excluding hydrogens is 512 g/mol. The molecule has 1 aliphatic carbocycles. The van der Waals surface area contributed by atoms with E-state index in [1.807, 2.05) is 56.6 Å². The summed E-state index contributed by atoms with van der Waals surface area (Å²) < 4.78 is 7.72. The predicted molar refractivity (Wildman–Crippen MR) is 164 cm³/mol. The summed E-state index contributed by atoms with van der Waals surface area (Å²) in [4.78, 5) is 33.9. The van der Waals surface area contributed by atoms with E-state index in [0.717, 1.165) is 63.3 Å². The van der Waals surface area contributed by atoms with Gasteiger partial charge in [-0.05, 0) is 66.9 Å². The minimum absolute atomic E-state index is 0.0540. The van der Waals surface area contributed by atoms with Crippen LogP contribution in [-0.4, -0.2) is 64.6 Å². The van der Waals surface area contributed by atoms with Crippen molar-refractivity contribution in [3.05, 3.63) is 101 Å². The Morgan fingerprint density at radius 2 is 1.85 bits per heavy atom. The van der Waals surface area contributed by atoms with Crippen molar-refractivity contribution < 1.29 is 9.53 Å². The molecule has 2 aromatic carbocycles. The number of likely N-dealkylation sites (N-methyl/N-ethyl adjacent to an activating group) is 1. The highest BCUT2D eigenvalue weighted by atomic mass is 16.5. The molecule has 1 aliphatic heterocycles. The van der Waals surface area contributed by atoms with Crippen LogP contribution in [0.5, 0.6) is 5.75 Å². The topological polar surface area (TPSA) is 67.7 Å². The molecule has 0 spiro atoms. The summed E-state index contributed by atoms with van der Waals surface area (Å²) >= 11 is 0. The van der Waals surface area contributed by atoms with E-state index in [1.54, 1.807) is 15.5 Å². The van der Waals surface area contributed by atoms with Crippen LogP contribution in [0.15, 0.2) is 84.3 Å². The zero-order valence-electron chi connectivity index (χ0n) is 23.5. The molecule has 7 nitrogen and oxygen atoms in total. The van der Waals surface area contributed by atoms with Gasteiger partial charge in [-0.25, -0.2) is 4.98 Å². The molecule has 7 heteroatoms. The minimum Gasteiger partial charge on any atom is -0.492 e. The quantitative estimate of drug-likeness (QED) is 0.290. The summed E-state index contributed by atoms with van der Waals surface area (Å²) in [7, 11) is 1.85. The number of rotatable bonds is 8. The molecule has 1 fully saturated rings. The number of carbonyl (C=O) groups is 1. The highest BCUT2D eigenvalue weighted by molar-refractivity contribution is 5.89. The van der Waals surface area contributed by atoms with E-state index in [0.29, 0.717) is 26.1 Å². The largest absolute Gasteiger partial charge is 0.492 e. The number of amides is 1. The molecule has 0 unspecified atom stereocenters. The van der Waals surface area contributed by atoms with Crippen LogP contribution < -0.4 is 10.3 Å². The molecule has 2 aromatic heterocycles. The monoisotopic (exact) mass is 546 g/mol. The van der Waals surface area contributed by atoms with Crippen LogP contribution in [0, 0.1) is 0 Å². The van der Waals surface area contributed by atoms with E-state index in [9.17, 15) is 9.59 Å². The number of fused-ring (bicyclic) bond motifs is 2. The second-order valence-electron chi connectivity index (χ2n) is 10.7. The van der Waals surface area contributed by atoms with Gasteiger partial charge in [0.1, 0.15) is 12.4 Å². The lowest BCUT2D eigenvalue weighted by molar-refractivity contribution is -0.139. The number of hydrogen-bond acceptors (Lipinski definition) is 5. The maximum Gasteiger partial charge on any atom is 0.254 e. The van der Waals surface area contributed by atoms with Crippen LogP contribution in [0.25, 0.3) is 39.4 Å². The molecular formula is C34H34N4O3. The average molecular weight is 547 g/mol. The lowest BCUT2D eigenvalue weighted by Crippen LogP contribution is -2.55.